The molecule has 2 aromatic rings. The first-order valence-electron chi connectivity index (χ1n) is 3.54. The molecule has 1 N–H and O–H groups in total. The molecular formula is C8H2F2N2S2. The average molecular weight is 228 g/mol. The molecule has 2 nitrogen and oxygen atoms in total. The minimum atomic E-state index is -0.721. The number of rotatable bonds is 0. The maximum Gasteiger partial charge on any atom is 0.160 e. The largest absolute Gasteiger partial charge is 0.334 e. The first kappa shape index (κ1) is 9.24. The van der Waals surface area contributed by atoms with E-state index in [4.69, 9.17) is 17.5 Å². The van der Waals surface area contributed by atoms with Crippen molar-refractivity contribution in [1.29, 1.82) is 5.26 Å². The molecule has 2 rings (SSSR count). The highest BCUT2D eigenvalue weighted by Crippen LogP contribution is 2.27. The molecule has 6 heteroatoms. The van der Waals surface area contributed by atoms with Gasteiger partial charge in [-0.05, 0) is 18.3 Å². The maximum atomic E-state index is 13.4. The van der Waals surface area contributed by atoms with E-state index in [1.807, 2.05) is 0 Å². The molecule has 70 valence electrons. The van der Waals surface area contributed by atoms with Gasteiger partial charge in [-0.2, -0.15) is 5.26 Å². The van der Waals surface area contributed by atoms with Gasteiger partial charge in [0.1, 0.15) is 11.9 Å². The zero-order valence-electron chi connectivity index (χ0n) is 6.60. The van der Waals surface area contributed by atoms with Gasteiger partial charge in [-0.25, -0.2) is 8.78 Å². The first-order valence-corrected chi connectivity index (χ1v) is 4.77. The molecule has 0 fully saturated rings. The van der Waals surface area contributed by atoms with Crippen LogP contribution in [0.4, 0.5) is 8.78 Å². The quantitative estimate of drug-likeness (QED) is 0.704. The monoisotopic (exact) mass is 228 g/mol. The smallest absolute Gasteiger partial charge is 0.160 e. The summed E-state index contributed by atoms with van der Waals surface area (Å²) in [7, 11) is 0. The van der Waals surface area contributed by atoms with E-state index < -0.39 is 11.6 Å². The number of nitrogens with zero attached hydrogens (tertiary/aromatic N) is 1. The van der Waals surface area contributed by atoms with E-state index in [2.05, 4.69) is 4.98 Å². The summed E-state index contributed by atoms with van der Waals surface area (Å²) in [5.74, 6) is -1.38. The number of nitriles is 1. The average Bonchev–Trinajstić information content (AvgIpc) is 2.54. The Hall–Kier alpha value is -1.32. The van der Waals surface area contributed by atoms with Crippen molar-refractivity contribution in [2.75, 3.05) is 0 Å². The van der Waals surface area contributed by atoms with Crippen LogP contribution in [0.2, 0.25) is 0 Å². The fraction of sp³-hybridized carbons (Fsp3) is 0. The highest BCUT2D eigenvalue weighted by molar-refractivity contribution is 7.73. The summed E-state index contributed by atoms with van der Waals surface area (Å²) in [4.78, 5) is 2.53. The Labute approximate surface area is 86.4 Å². The number of aromatic nitrogens is 1. The predicted octanol–water partition coefficient (Wildman–Crippen LogP) is 3.11. The van der Waals surface area contributed by atoms with Crippen molar-refractivity contribution in [3.63, 3.8) is 0 Å². The van der Waals surface area contributed by atoms with Gasteiger partial charge in [-0.1, -0.05) is 0 Å². The van der Waals surface area contributed by atoms with Crippen LogP contribution in [0.1, 0.15) is 5.56 Å². The number of benzene rings is 1. The Balaban J connectivity index is 3.02. The van der Waals surface area contributed by atoms with Crippen molar-refractivity contribution < 1.29 is 8.78 Å². The first-order chi connectivity index (χ1) is 6.63. The van der Waals surface area contributed by atoms with Gasteiger partial charge in [0.05, 0.1) is 15.8 Å². The number of hydrogen-bond donors (Lipinski definition) is 1. The summed E-state index contributed by atoms with van der Waals surface area (Å²) in [6.45, 7) is 0. The molecule has 0 radical (unpaired) electrons. The maximum absolute atomic E-state index is 13.4. The molecule has 0 aliphatic heterocycles. The van der Waals surface area contributed by atoms with Crippen molar-refractivity contribution in [2.24, 2.45) is 0 Å². The second kappa shape index (κ2) is 3.12. The highest BCUT2D eigenvalue weighted by atomic mass is 32.1. The Morgan fingerprint density at radius 1 is 1.50 bits per heavy atom. The van der Waals surface area contributed by atoms with Crippen LogP contribution in [0.5, 0.6) is 0 Å². The number of nitrogens with one attached hydrogen (secondary N) is 1. The molecule has 0 spiro atoms. The third-order valence-electron chi connectivity index (χ3n) is 1.72. The van der Waals surface area contributed by atoms with E-state index in [1.165, 1.54) is 0 Å². The Kier molecular flexibility index (Phi) is 2.06. The molecule has 0 atom stereocenters. The molecule has 0 saturated heterocycles. The van der Waals surface area contributed by atoms with Gasteiger partial charge >= 0.3 is 0 Å². The second-order valence-corrected chi connectivity index (χ2v) is 4.24. The number of halogens is 2. The summed E-state index contributed by atoms with van der Waals surface area (Å²) in [5.41, 5.74) is -0.281. The fourth-order valence-electron chi connectivity index (χ4n) is 1.12. The van der Waals surface area contributed by atoms with Crippen molar-refractivity contribution in [2.45, 2.75) is 0 Å². The summed E-state index contributed by atoms with van der Waals surface area (Å²) in [5, 5.41) is 8.52. The van der Waals surface area contributed by atoms with Crippen molar-refractivity contribution in [1.82, 2.24) is 4.98 Å². The Bertz CT molecular complexity index is 606. The number of fused-ring (bicyclic) bond motifs is 1. The Morgan fingerprint density at radius 2 is 2.21 bits per heavy atom. The number of H-pyrrole nitrogens is 1. The van der Waals surface area contributed by atoms with Crippen LogP contribution in [-0.4, -0.2) is 4.98 Å². The van der Waals surface area contributed by atoms with Crippen LogP contribution in [0.15, 0.2) is 6.07 Å². The molecule has 0 saturated carbocycles. The summed E-state index contributed by atoms with van der Waals surface area (Å²) >= 11 is 5.67. The molecule has 0 aliphatic rings. The van der Waals surface area contributed by atoms with Crippen LogP contribution in [-0.2, 0) is 0 Å². The highest BCUT2D eigenvalue weighted by Gasteiger charge is 2.14. The van der Waals surface area contributed by atoms with Crippen molar-refractivity contribution in [3.8, 4) is 6.07 Å². The molecule has 14 heavy (non-hydrogen) atoms. The lowest BCUT2D eigenvalue weighted by molar-refractivity contribution is 0.614. The Morgan fingerprint density at radius 3 is 2.86 bits per heavy atom. The van der Waals surface area contributed by atoms with E-state index in [0.717, 1.165) is 17.4 Å². The molecule has 0 amide bonds. The lowest BCUT2D eigenvalue weighted by atomic mass is 10.2. The zero-order chi connectivity index (χ0) is 10.3. The molecule has 1 aromatic carbocycles. The molecule has 0 aliphatic carbocycles. The lowest BCUT2D eigenvalue weighted by Crippen LogP contribution is -1.87. The molecule has 0 bridgehead atoms. The van der Waals surface area contributed by atoms with Gasteiger partial charge in [0.15, 0.2) is 9.77 Å². The van der Waals surface area contributed by atoms with Gasteiger partial charge in [0, 0.05) is 0 Å². The van der Waals surface area contributed by atoms with Crippen LogP contribution >= 0.6 is 23.6 Å². The van der Waals surface area contributed by atoms with E-state index in [9.17, 15) is 8.78 Å². The van der Waals surface area contributed by atoms with Gasteiger partial charge in [0.25, 0.3) is 0 Å². The predicted molar refractivity (Wildman–Crippen MR) is 51.6 cm³/mol. The molecule has 0 unspecified atom stereocenters. The van der Waals surface area contributed by atoms with Crippen LogP contribution < -0.4 is 0 Å². The van der Waals surface area contributed by atoms with Gasteiger partial charge in [-0.3, -0.25) is 0 Å². The summed E-state index contributed by atoms with van der Waals surface area (Å²) < 4.78 is 27.0. The van der Waals surface area contributed by atoms with Crippen LogP contribution in [0.3, 0.4) is 0 Å². The summed E-state index contributed by atoms with van der Waals surface area (Å²) in [6, 6.07) is 2.44. The van der Waals surface area contributed by atoms with E-state index in [0.29, 0.717) is 0 Å². The van der Waals surface area contributed by atoms with Gasteiger partial charge < -0.3 is 4.98 Å². The SMILES string of the molecule is N#Cc1cc(F)c2[nH]c(=S)sc2c1F. The number of thiazole rings is 1. The summed E-state index contributed by atoms with van der Waals surface area (Å²) in [6.07, 6.45) is 0. The normalized spacial score (nSPS) is 10.4. The lowest BCUT2D eigenvalue weighted by Gasteiger charge is -1.95. The molecule has 1 aromatic heterocycles. The zero-order valence-corrected chi connectivity index (χ0v) is 8.23. The number of hydrogen-bond acceptors (Lipinski definition) is 3. The van der Waals surface area contributed by atoms with Gasteiger partial charge in [0.2, 0.25) is 0 Å². The van der Waals surface area contributed by atoms with E-state index in [1.54, 1.807) is 6.07 Å². The van der Waals surface area contributed by atoms with E-state index >= 15 is 0 Å². The third kappa shape index (κ3) is 1.22. The molecule has 1 heterocycles. The van der Waals surface area contributed by atoms with Crippen molar-refractivity contribution >= 4 is 33.8 Å². The fourth-order valence-corrected chi connectivity index (χ4v) is 2.26. The minimum absolute atomic E-state index is 0.0245. The number of aromatic amines is 1. The van der Waals surface area contributed by atoms with Gasteiger partial charge in [-0.15, -0.1) is 11.3 Å². The van der Waals surface area contributed by atoms with Crippen LogP contribution in [0, 0.1) is 26.9 Å². The standard InChI is InChI=1S/C8H2F2N2S2/c9-4-1-3(2-11)5(10)7-6(4)12-8(13)14-7/h1H,(H,12,13). The van der Waals surface area contributed by atoms with E-state index in [-0.39, 0.29) is 19.7 Å². The van der Waals surface area contributed by atoms with Crippen LogP contribution in [0.25, 0.3) is 10.2 Å². The second-order valence-electron chi connectivity index (χ2n) is 2.55. The minimum Gasteiger partial charge on any atom is -0.334 e. The topological polar surface area (TPSA) is 39.6 Å². The van der Waals surface area contributed by atoms with Crippen molar-refractivity contribution in [3.05, 3.63) is 27.2 Å². The third-order valence-corrected chi connectivity index (χ3v) is 2.94. The molecular weight excluding hydrogens is 226 g/mol.